The zero-order valence-electron chi connectivity index (χ0n) is 18.9. The molecular weight excluding hydrogens is 419 g/mol. The number of ether oxygens (including phenoxy) is 1. The molecule has 2 unspecified atom stereocenters. The van der Waals surface area contributed by atoms with Gasteiger partial charge in [-0.1, -0.05) is 13.8 Å². The van der Waals surface area contributed by atoms with Crippen molar-refractivity contribution >= 4 is 6.01 Å². The molecule has 0 aliphatic carbocycles. The molecule has 0 saturated heterocycles. The lowest BCUT2D eigenvalue weighted by molar-refractivity contribution is 0.0467. The van der Waals surface area contributed by atoms with Gasteiger partial charge in [-0.05, 0) is 47.6 Å². The monoisotopic (exact) mass is 450 g/mol. The minimum Gasteiger partial charge on any atom is -0.459 e. The summed E-state index contributed by atoms with van der Waals surface area (Å²) in [6.07, 6.45) is 1.69. The van der Waals surface area contributed by atoms with Crippen molar-refractivity contribution < 1.29 is 26.7 Å². The first kappa shape index (κ1) is 27.0. The van der Waals surface area contributed by atoms with E-state index in [9.17, 15) is 22.0 Å². The normalized spacial score (nSPS) is 14.4. The van der Waals surface area contributed by atoms with Crippen LogP contribution in [0.5, 0.6) is 5.75 Å². The van der Waals surface area contributed by atoms with Crippen LogP contribution in [0.4, 0.5) is 22.0 Å². The highest BCUT2D eigenvalue weighted by Gasteiger charge is 2.35. The third-order valence-electron chi connectivity index (χ3n) is 4.84. The molecule has 0 heterocycles. The number of benzene rings is 1. The molecule has 0 saturated carbocycles. The number of nitrogens with zero attached hydrogens (tertiary/aromatic N) is 4. The van der Waals surface area contributed by atoms with E-state index >= 15 is 0 Å². The van der Waals surface area contributed by atoms with Crippen LogP contribution >= 0.6 is 0 Å². The van der Waals surface area contributed by atoms with Crippen molar-refractivity contribution in [1.82, 2.24) is 9.80 Å². The lowest BCUT2D eigenvalue weighted by atomic mass is 10.1. The van der Waals surface area contributed by atoms with E-state index in [1.54, 1.807) is 25.9 Å². The number of rotatable bonds is 12. The zero-order chi connectivity index (χ0) is 23.8. The van der Waals surface area contributed by atoms with Crippen LogP contribution in [0, 0.1) is 29.1 Å². The molecule has 5 nitrogen and oxygen atoms in total. The molecule has 1 aromatic rings. The second-order valence-electron chi connectivity index (χ2n) is 7.85. The first-order chi connectivity index (χ1) is 14.5. The van der Waals surface area contributed by atoms with Crippen LogP contribution < -0.4 is 4.74 Å². The molecule has 0 aliphatic heterocycles. The summed E-state index contributed by atoms with van der Waals surface area (Å²) in [6, 6.07) is 2.48. The van der Waals surface area contributed by atoms with Crippen molar-refractivity contribution in [2.75, 3.05) is 41.3 Å². The number of halogens is 5. The summed E-state index contributed by atoms with van der Waals surface area (Å²) in [5, 5.41) is 0. The molecular formula is C21H31F5N4O. The first-order valence-corrected chi connectivity index (χ1v) is 10.1. The first-order valence-electron chi connectivity index (χ1n) is 10.1. The number of aliphatic imine (C=N–C) groups is 2. The third-order valence-corrected chi connectivity index (χ3v) is 4.84. The van der Waals surface area contributed by atoms with Gasteiger partial charge in [0.2, 0.25) is 34.8 Å². The highest BCUT2D eigenvalue weighted by atomic mass is 19.2. The number of hydrogen-bond acceptors (Lipinski definition) is 5. The molecule has 10 heteroatoms. The lowest BCUT2D eigenvalue weighted by Gasteiger charge is -2.30. The smallest absolute Gasteiger partial charge is 0.211 e. The third kappa shape index (κ3) is 7.55. The molecule has 0 spiro atoms. The predicted molar refractivity (Wildman–Crippen MR) is 110 cm³/mol. The van der Waals surface area contributed by atoms with Crippen molar-refractivity contribution in [2.24, 2.45) is 9.98 Å². The molecule has 31 heavy (non-hydrogen) atoms. The summed E-state index contributed by atoms with van der Waals surface area (Å²) in [5.41, 5.74) is -1.61. The van der Waals surface area contributed by atoms with Crippen molar-refractivity contribution in [3.8, 4) is 5.75 Å². The van der Waals surface area contributed by atoms with E-state index in [2.05, 4.69) is 16.0 Å². The molecule has 0 aromatic heterocycles. The fraction of sp³-hybridized carbons (Fsp3) is 0.667. The number of hydrogen-bond donors (Lipinski definition) is 0. The minimum atomic E-state index is -2.24. The molecule has 1 aromatic carbocycles. The van der Waals surface area contributed by atoms with Gasteiger partial charge < -0.3 is 14.5 Å². The summed E-state index contributed by atoms with van der Waals surface area (Å²) >= 11 is 0. The zero-order valence-corrected chi connectivity index (χ0v) is 18.9. The molecule has 0 amide bonds. The largest absolute Gasteiger partial charge is 0.459 e. The fourth-order valence-electron chi connectivity index (χ4n) is 2.69. The van der Waals surface area contributed by atoms with Crippen LogP contribution in [-0.2, 0) is 0 Å². The standard InChI is InChI=1S/C21H31F5N4O/c1-7-14(9-11-29(3)4)27-13-28-21(8-2,10-12-30(5)6)31-20-18(25)16(23)15(22)17(24)19(20)26/h14H,7-12H2,1-6H3. The molecule has 0 fully saturated rings. The Balaban J connectivity index is 3.36. The van der Waals surface area contributed by atoms with Crippen molar-refractivity contribution in [2.45, 2.75) is 51.3 Å². The Morgan fingerprint density at radius 2 is 1.39 bits per heavy atom. The maximum Gasteiger partial charge on any atom is 0.211 e. The summed E-state index contributed by atoms with van der Waals surface area (Å²) in [5.74, 6) is -11.8. The Morgan fingerprint density at radius 3 is 1.84 bits per heavy atom. The fourth-order valence-corrected chi connectivity index (χ4v) is 2.69. The van der Waals surface area contributed by atoms with Crippen LogP contribution in [0.2, 0.25) is 0 Å². The maximum absolute atomic E-state index is 14.2. The molecule has 1 rings (SSSR count). The molecule has 176 valence electrons. The van der Waals surface area contributed by atoms with Gasteiger partial charge in [0.1, 0.15) is 0 Å². The van der Waals surface area contributed by atoms with Gasteiger partial charge in [0.05, 0.1) is 12.1 Å². The van der Waals surface area contributed by atoms with E-state index < -0.39 is 40.6 Å². The van der Waals surface area contributed by atoms with Crippen LogP contribution in [0.15, 0.2) is 9.98 Å². The van der Waals surface area contributed by atoms with Gasteiger partial charge in [0, 0.05) is 19.4 Å². The topological polar surface area (TPSA) is 40.4 Å². The highest BCUT2D eigenvalue weighted by molar-refractivity contribution is 5.43. The van der Waals surface area contributed by atoms with E-state index in [0.29, 0.717) is 6.54 Å². The Hall–Kier alpha value is -2.03. The van der Waals surface area contributed by atoms with E-state index in [4.69, 9.17) is 4.74 Å². The quantitative estimate of drug-likeness (QED) is 0.200. The van der Waals surface area contributed by atoms with Crippen LogP contribution in [-0.4, -0.2) is 68.9 Å². The van der Waals surface area contributed by atoms with Crippen LogP contribution in [0.1, 0.15) is 39.5 Å². The van der Waals surface area contributed by atoms with Crippen molar-refractivity contribution in [1.29, 1.82) is 0 Å². The van der Waals surface area contributed by atoms with Gasteiger partial charge in [0.15, 0.2) is 5.75 Å². The lowest BCUT2D eigenvalue weighted by Crippen LogP contribution is -2.37. The second kappa shape index (κ2) is 12.1. The Kier molecular flexibility index (Phi) is 10.6. The van der Waals surface area contributed by atoms with Gasteiger partial charge in [-0.2, -0.15) is 13.8 Å². The minimum absolute atomic E-state index is 0.0799. The molecule has 0 aliphatic rings. The van der Waals surface area contributed by atoms with Gasteiger partial charge in [-0.25, -0.2) is 18.2 Å². The summed E-state index contributed by atoms with van der Waals surface area (Å²) in [7, 11) is 7.41. The Bertz CT molecular complexity index is 767. The molecule has 0 radical (unpaired) electrons. The van der Waals surface area contributed by atoms with Gasteiger partial charge in [0.25, 0.3) is 0 Å². The molecule has 0 bridgehead atoms. The maximum atomic E-state index is 14.2. The second-order valence-corrected chi connectivity index (χ2v) is 7.85. The van der Waals surface area contributed by atoms with Gasteiger partial charge in [-0.15, -0.1) is 0 Å². The van der Waals surface area contributed by atoms with Gasteiger partial charge >= 0.3 is 0 Å². The predicted octanol–water partition coefficient (Wildman–Crippen LogP) is 4.72. The van der Waals surface area contributed by atoms with E-state index in [1.165, 1.54) is 0 Å². The summed E-state index contributed by atoms with van der Waals surface area (Å²) in [6.45, 7) is 4.77. The van der Waals surface area contributed by atoms with E-state index in [1.807, 2.05) is 25.9 Å². The highest BCUT2D eigenvalue weighted by Crippen LogP contribution is 2.34. The van der Waals surface area contributed by atoms with E-state index in [0.717, 1.165) is 19.4 Å². The SMILES string of the molecule is CCC(CCN(C)C)N=C=NC(CC)(CCN(C)C)Oc1c(F)c(F)c(F)c(F)c1F. The van der Waals surface area contributed by atoms with Gasteiger partial charge in [-0.3, -0.25) is 0 Å². The van der Waals surface area contributed by atoms with Crippen molar-refractivity contribution in [3.63, 3.8) is 0 Å². The van der Waals surface area contributed by atoms with Crippen molar-refractivity contribution in [3.05, 3.63) is 29.1 Å². The average Bonchev–Trinajstić information content (AvgIpc) is 2.73. The average molecular weight is 450 g/mol. The van der Waals surface area contributed by atoms with Crippen LogP contribution in [0.3, 0.4) is 0 Å². The molecule has 2 atom stereocenters. The Labute approximate surface area is 180 Å². The Morgan fingerprint density at radius 1 is 0.871 bits per heavy atom. The molecule has 0 N–H and O–H groups in total. The summed E-state index contributed by atoms with van der Waals surface area (Å²) in [4.78, 5) is 12.2. The summed E-state index contributed by atoms with van der Waals surface area (Å²) < 4.78 is 74.4. The van der Waals surface area contributed by atoms with Crippen LogP contribution in [0.25, 0.3) is 0 Å². The van der Waals surface area contributed by atoms with E-state index in [-0.39, 0.29) is 18.9 Å².